The molecule has 0 radical (unpaired) electrons. The minimum Gasteiger partial charge on any atom is -0.324 e. The van der Waals surface area contributed by atoms with E-state index in [2.05, 4.69) is 5.10 Å². The van der Waals surface area contributed by atoms with Gasteiger partial charge in [-0.3, -0.25) is 0 Å². The van der Waals surface area contributed by atoms with Gasteiger partial charge in [-0.25, -0.2) is 4.68 Å². The van der Waals surface area contributed by atoms with Gasteiger partial charge in [0.2, 0.25) is 0 Å². The standard InChI is InChI=1S/C15H18F3N3/c1-9(2)11-6-4-5-7-13(11)21-14(15(16,17)18)12(8-20-21)10(3)19/h4-10H,19H2,1-3H3. The molecule has 3 nitrogen and oxygen atoms in total. The van der Waals surface area contributed by atoms with E-state index in [9.17, 15) is 13.2 Å². The summed E-state index contributed by atoms with van der Waals surface area (Å²) in [6.45, 7) is 5.38. The molecule has 0 saturated carbocycles. The third-order valence-electron chi connectivity index (χ3n) is 3.34. The Morgan fingerprint density at radius 3 is 2.24 bits per heavy atom. The number of aromatic nitrogens is 2. The Morgan fingerprint density at radius 1 is 1.10 bits per heavy atom. The van der Waals surface area contributed by atoms with E-state index in [-0.39, 0.29) is 11.5 Å². The van der Waals surface area contributed by atoms with Gasteiger partial charge in [-0.15, -0.1) is 0 Å². The fourth-order valence-electron chi connectivity index (χ4n) is 2.33. The number of alkyl halides is 3. The first-order valence-electron chi connectivity index (χ1n) is 6.73. The summed E-state index contributed by atoms with van der Waals surface area (Å²) in [7, 11) is 0. The Balaban J connectivity index is 2.71. The van der Waals surface area contributed by atoms with Crippen LogP contribution < -0.4 is 5.73 Å². The van der Waals surface area contributed by atoms with E-state index in [0.717, 1.165) is 10.2 Å². The highest BCUT2D eigenvalue weighted by molar-refractivity contribution is 5.45. The monoisotopic (exact) mass is 297 g/mol. The van der Waals surface area contributed by atoms with E-state index in [4.69, 9.17) is 5.73 Å². The molecule has 1 heterocycles. The first kappa shape index (κ1) is 15.6. The average Bonchev–Trinajstić information content (AvgIpc) is 2.83. The molecule has 0 aliphatic rings. The summed E-state index contributed by atoms with van der Waals surface area (Å²) in [5.74, 6) is 0.0882. The lowest BCUT2D eigenvalue weighted by molar-refractivity contribution is -0.143. The van der Waals surface area contributed by atoms with Crippen LogP contribution in [0.1, 0.15) is 49.6 Å². The number of hydrogen-bond acceptors (Lipinski definition) is 2. The van der Waals surface area contributed by atoms with Crippen LogP contribution in [0.4, 0.5) is 13.2 Å². The molecule has 0 fully saturated rings. The van der Waals surface area contributed by atoms with Crippen LogP contribution in [0.5, 0.6) is 0 Å². The Bertz CT molecular complexity index is 627. The molecule has 0 amide bonds. The maximum Gasteiger partial charge on any atom is 0.433 e. The molecule has 2 aromatic rings. The third kappa shape index (κ3) is 2.95. The van der Waals surface area contributed by atoms with Crippen molar-refractivity contribution in [3.05, 3.63) is 47.3 Å². The normalized spacial score (nSPS) is 13.7. The van der Waals surface area contributed by atoms with Gasteiger partial charge in [-0.05, 0) is 24.5 Å². The number of nitrogens with zero attached hydrogens (tertiary/aromatic N) is 2. The Morgan fingerprint density at radius 2 is 1.71 bits per heavy atom. The highest BCUT2D eigenvalue weighted by Crippen LogP contribution is 2.36. The third-order valence-corrected chi connectivity index (χ3v) is 3.34. The maximum atomic E-state index is 13.4. The molecule has 1 aromatic heterocycles. The van der Waals surface area contributed by atoms with Crippen molar-refractivity contribution in [2.24, 2.45) is 5.73 Å². The molecule has 1 unspecified atom stereocenters. The quantitative estimate of drug-likeness (QED) is 0.929. The average molecular weight is 297 g/mol. The zero-order valence-corrected chi connectivity index (χ0v) is 12.1. The van der Waals surface area contributed by atoms with Gasteiger partial charge >= 0.3 is 6.18 Å². The van der Waals surface area contributed by atoms with Gasteiger partial charge in [-0.1, -0.05) is 32.0 Å². The fraction of sp³-hybridized carbons (Fsp3) is 0.400. The summed E-state index contributed by atoms with van der Waals surface area (Å²) in [6.07, 6.45) is -3.31. The number of halogens is 3. The molecule has 0 saturated heterocycles. The smallest absolute Gasteiger partial charge is 0.324 e. The number of para-hydroxylation sites is 1. The minimum absolute atomic E-state index is 0.000981. The molecule has 0 spiro atoms. The van der Waals surface area contributed by atoms with Crippen LogP contribution in [0, 0.1) is 0 Å². The second kappa shape index (κ2) is 5.52. The Hall–Kier alpha value is -1.82. The largest absolute Gasteiger partial charge is 0.433 e. The Labute approximate surface area is 121 Å². The zero-order chi connectivity index (χ0) is 15.8. The molecule has 2 rings (SSSR count). The maximum absolute atomic E-state index is 13.4. The van der Waals surface area contributed by atoms with Crippen molar-refractivity contribution in [1.82, 2.24) is 9.78 Å². The molecule has 2 N–H and O–H groups in total. The lowest BCUT2D eigenvalue weighted by Gasteiger charge is -2.17. The highest BCUT2D eigenvalue weighted by Gasteiger charge is 2.39. The van der Waals surface area contributed by atoms with Gasteiger partial charge in [0.25, 0.3) is 0 Å². The SMILES string of the molecule is CC(C)c1ccccc1-n1ncc(C(C)N)c1C(F)(F)F. The van der Waals surface area contributed by atoms with Crippen LogP contribution in [0.25, 0.3) is 5.69 Å². The lowest BCUT2D eigenvalue weighted by Crippen LogP contribution is -2.19. The van der Waals surface area contributed by atoms with E-state index in [0.29, 0.717) is 5.69 Å². The first-order valence-corrected chi connectivity index (χ1v) is 6.73. The zero-order valence-electron chi connectivity index (χ0n) is 12.1. The molecule has 1 aromatic carbocycles. The van der Waals surface area contributed by atoms with Crippen molar-refractivity contribution in [3.63, 3.8) is 0 Å². The second-order valence-corrected chi connectivity index (χ2v) is 5.36. The van der Waals surface area contributed by atoms with Crippen LogP contribution in [0.2, 0.25) is 0 Å². The van der Waals surface area contributed by atoms with Gasteiger partial charge in [0.1, 0.15) is 0 Å². The van der Waals surface area contributed by atoms with Gasteiger partial charge in [-0.2, -0.15) is 18.3 Å². The van der Waals surface area contributed by atoms with Crippen molar-refractivity contribution < 1.29 is 13.2 Å². The number of hydrogen-bond donors (Lipinski definition) is 1. The predicted octanol–water partition coefficient (Wildman–Crippen LogP) is 4.03. The van der Waals surface area contributed by atoms with E-state index < -0.39 is 17.9 Å². The van der Waals surface area contributed by atoms with Crippen molar-refractivity contribution in [2.75, 3.05) is 0 Å². The van der Waals surface area contributed by atoms with E-state index in [1.54, 1.807) is 12.1 Å². The summed E-state index contributed by atoms with van der Waals surface area (Å²) in [5.41, 5.74) is 6.09. The summed E-state index contributed by atoms with van der Waals surface area (Å²) in [5, 5.41) is 3.93. The predicted molar refractivity (Wildman–Crippen MR) is 75.3 cm³/mol. The molecule has 0 bridgehead atoms. The molecule has 1 atom stereocenters. The van der Waals surface area contributed by atoms with E-state index >= 15 is 0 Å². The van der Waals surface area contributed by atoms with Crippen LogP contribution in [-0.2, 0) is 6.18 Å². The second-order valence-electron chi connectivity index (χ2n) is 5.36. The van der Waals surface area contributed by atoms with E-state index in [1.165, 1.54) is 13.1 Å². The van der Waals surface area contributed by atoms with Crippen molar-refractivity contribution >= 4 is 0 Å². The Kier molecular flexibility index (Phi) is 4.09. The number of benzene rings is 1. The van der Waals surface area contributed by atoms with Crippen LogP contribution in [0.15, 0.2) is 30.5 Å². The summed E-state index contributed by atoms with van der Waals surface area (Å²) < 4.78 is 41.2. The minimum atomic E-state index is -4.51. The summed E-state index contributed by atoms with van der Waals surface area (Å²) >= 11 is 0. The van der Waals surface area contributed by atoms with Crippen LogP contribution in [0.3, 0.4) is 0 Å². The van der Waals surface area contributed by atoms with Gasteiger partial charge in [0.15, 0.2) is 5.69 Å². The molecule has 114 valence electrons. The summed E-state index contributed by atoms with van der Waals surface area (Å²) in [6, 6.07) is 6.23. The van der Waals surface area contributed by atoms with Crippen molar-refractivity contribution in [2.45, 2.75) is 38.9 Å². The molecule has 0 aliphatic heterocycles. The number of rotatable bonds is 3. The molecular weight excluding hydrogens is 279 g/mol. The highest BCUT2D eigenvalue weighted by atomic mass is 19.4. The fourth-order valence-corrected chi connectivity index (χ4v) is 2.33. The van der Waals surface area contributed by atoms with Gasteiger partial charge < -0.3 is 5.73 Å². The van der Waals surface area contributed by atoms with Crippen molar-refractivity contribution in [3.8, 4) is 5.69 Å². The van der Waals surface area contributed by atoms with Gasteiger partial charge in [0.05, 0.1) is 11.9 Å². The molecular formula is C15H18F3N3. The summed E-state index contributed by atoms with van der Waals surface area (Å²) in [4.78, 5) is 0. The topological polar surface area (TPSA) is 43.8 Å². The first-order chi connectivity index (χ1) is 9.73. The van der Waals surface area contributed by atoms with Crippen molar-refractivity contribution in [1.29, 1.82) is 0 Å². The van der Waals surface area contributed by atoms with E-state index in [1.807, 2.05) is 26.0 Å². The molecule has 6 heteroatoms. The lowest BCUT2D eigenvalue weighted by atomic mass is 10.0. The van der Waals surface area contributed by atoms with Crippen LogP contribution in [-0.4, -0.2) is 9.78 Å². The molecule has 21 heavy (non-hydrogen) atoms. The number of nitrogens with two attached hydrogens (primary N) is 1. The molecule has 0 aliphatic carbocycles. The van der Waals surface area contributed by atoms with Gasteiger partial charge in [0, 0.05) is 11.6 Å². The van der Waals surface area contributed by atoms with Crippen LogP contribution >= 0.6 is 0 Å².